The molecule has 8 heteroatoms. The molecule has 0 amide bonds. The fourth-order valence-electron chi connectivity index (χ4n) is 2.97. The lowest BCUT2D eigenvalue weighted by atomic mass is 10.2. The second kappa shape index (κ2) is 8.19. The number of nitriles is 1. The van der Waals surface area contributed by atoms with Gasteiger partial charge in [0.15, 0.2) is 5.82 Å². The number of nitrogens with one attached hydrogen (secondary N) is 1. The molecule has 144 valence electrons. The molecule has 0 aliphatic heterocycles. The number of hydrogen-bond donors (Lipinski definition) is 2. The Morgan fingerprint density at radius 1 is 1.17 bits per heavy atom. The molecule has 29 heavy (non-hydrogen) atoms. The van der Waals surface area contributed by atoms with Gasteiger partial charge in [-0.05, 0) is 42.5 Å². The number of aliphatic hydroxyl groups excluding tert-OH is 1. The predicted octanol–water partition coefficient (Wildman–Crippen LogP) is 4.48. The van der Waals surface area contributed by atoms with E-state index < -0.39 is 0 Å². The normalized spacial score (nSPS) is 10.7. The van der Waals surface area contributed by atoms with Crippen LogP contribution in [-0.4, -0.2) is 26.2 Å². The smallest absolute Gasteiger partial charge is 0.158 e. The molecule has 0 fully saturated rings. The number of benzene rings is 2. The van der Waals surface area contributed by atoms with E-state index in [0.29, 0.717) is 34.4 Å². The monoisotopic (exact) mass is 405 g/mol. The van der Waals surface area contributed by atoms with Gasteiger partial charge >= 0.3 is 0 Å². The van der Waals surface area contributed by atoms with Crippen molar-refractivity contribution < 1.29 is 9.84 Å². The number of aromatic nitrogens is 3. The first-order valence-corrected chi connectivity index (χ1v) is 9.21. The summed E-state index contributed by atoms with van der Waals surface area (Å²) in [4.78, 5) is 8.58. The van der Waals surface area contributed by atoms with Crippen LogP contribution in [0.5, 0.6) is 11.5 Å². The van der Waals surface area contributed by atoms with Crippen molar-refractivity contribution in [2.45, 2.75) is 6.54 Å². The molecule has 0 unspecified atom stereocenters. The lowest BCUT2D eigenvalue weighted by Crippen LogP contribution is -2.04. The van der Waals surface area contributed by atoms with E-state index in [4.69, 9.17) is 21.6 Å². The number of fused-ring (bicyclic) bond motifs is 1. The molecule has 0 atom stereocenters. The highest BCUT2D eigenvalue weighted by atomic mass is 35.5. The maximum Gasteiger partial charge on any atom is 0.158 e. The number of nitrogens with zero attached hydrogens (tertiary/aromatic N) is 4. The SMILES string of the molecule is N#Cc1cccc(Oc2ccc(Nc3ncnc4ccn(CCO)c34)cc2Cl)c1. The Balaban J connectivity index is 1.60. The Hall–Kier alpha value is -3.60. The van der Waals surface area contributed by atoms with Crippen LogP contribution in [0.4, 0.5) is 11.5 Å². The zero-order chi connectivity index (χ0) is 20.2. The van der Waals surface area contributed by atoms with E-state index in [0.717, 1.165) is 16.7 Å². The van der Waals surface area contributed by atoms with Crippen molar-refractivity contribution in [1.29, 1.82) is 5.26 Å². The minimum absolute atomic E-state index is 0.0168. The van der Waals surface area contributed by atoms with Gasteiger partial charge in [0.05, 0.1) is 28.8 Å². The quantitative estimate of drug-likeness (QED) is 0.490. The number of halogens is 1. The average Bonchev–Trinajstić information content (AvgIpc) is 3.14. The highest BCUT2D eigenvalue weighted by Crippen LogP contribution is 2.33. The summed E-state index contributed by atoms with van der Waals surface area (Å²) in [7, 11) is 0. The minimum Gasteiger partial charge on any atom is -0.456 e. The summed E-state index contributed by atoms with van der Waals surface area (Å²) < 4.78 is 7.69. The number of hydrogen-bond acceptors (Lipinski definition) is 6. The van der Waals surface area contributed by atoms with E-state index in [1.54, 1.807) is 36.4 Å². The third-order valence-electron chi connectivity index (χ3n) is 4.28. The average molecular weight is 406 g/mol. The van der Waals surface area contributed by atoms with Gasteiger partial charge in [-0.25, -0.2) is 9.97 Å². The number of ether oxygens (including phenoxy) is 1. The van der Waals surface area contributed by atoms with Crippen molar-refractivity contribution in [2.24, 2.45) is 0 Å². The van der Waals surface area contributed by atoms with Crippen LogP contribution in [0.2, 0.25) is 5.02 Å². The highest BCUT2D eigenvalue weighted by Gasteiger charge is 2.11. The zero-order valence-electron chi connectivity index (χ0n) is 15.2. The third-order valence-corrected chi connectivity index (χ3v) is 4.57. The fraction of sp³-hybridized carbons (Fsp3) is 0.0952. The van der Waals surface area contributed by atoms with Crippen LogP contribution in [-0.2, 0) is 6.54 Å². The van der Waals surface area contributed by atoms with Crippen LogP contribution >= 0.6 is 11.6 Å². The summed E-state index contributed by atoms with van der Waals surface area (Å²) in [6.45, 7) is 0.462. The van der Waals surface area contributed by atoms with Crippen LogP contribution in [0.15, 0.2) is 61.1 Å². The molecular formula is C21H16ClN5O2. The van der Waals surface area contributed by atoms with Crippen LogP contribution in [0.1, 0.15) is 5.56 Å². The van der Waals surface area contributed by atoms with Gasteiger partial charge in [-0.1, -0.05) is 17.7 Å². The Morgan fingerprint density at radius 2 is 2.07 bits per heavy atom. The molecule has 2 aromatic heterocycles. The Bertz CT molecular complexity index is 1220. The van der Waals surface area contributed by atoms with Crippen molar-refractivity contribution in [3.8, 4) is 17.6 Å². The molecule has 2 aromatic carbocycles. The van der Waals surface area contributed by atoms with Gasteiger partial charge in [0.25, 0.3) is 0 Å². The summed E-state index contributed by atoms with van der Waals surface area (Å²) in [5, 5.41) is 21.9. The van der Waals surface area contributed by atoms with Gasteiger partial charge in [0, 0.05) is 18.4 Å². The first kappa shape index (κ1) is 18.7. The summed E-state index contributed by atoms with van der Waals surface area (Å²) in [5.74, 6) is 1.62. The molecular weight excluding hydrogens is 390 g/mol. The van der Waals surface area contributed by atoms with Crippen LogP contribution < -0.4 is 10.1 Å². The molecule has 4 aromatic rings. The molecule has 0 saturated carbocycles. The van der Waals surface area contributed by atoms with Crippen LogP contribution in [0, 0.1) is 11.3 Å². The molecule has 0 radical (unpaired) electrons. The lowest BCUT2D eigenvalue weighted by Gasteiger charge is -2.12. The Labute approximate surface area is 171 Å². The van der Waals surface area contributed by atoms with E-state index in [1.807, 2.05) is 22.9 Å². The van der Waals surface area contributed by atoms with Gasteiger partial charge in [0.2, 0.25) is 0 Å². The van der Waals surface area contributed by atoms with Crippen LogP contribution in [0.25, 0.3) is 11.0 Å². The molecule has 2 N–H and O–H groups in total. The number of aliphatic hydroxyl groups is 1. The zero-order valence-corrected chi connectivity index (χ0v) is 16.0. The first-order chi connectivity index (χ1) is 14.2. The Morgan fingerprint density at radius 3 is 2.86 bits per heavy atom. The molecule has 7 nitrogen and oxygen atoms in total. The number of rotatable bonds is 6. The van der Waals surface area contributed by atoms with E-state index >= 15 is 0 Å². The van der Waals surface area contributed by atoms with Gasteiger partial charge in [-0.2, -0.15) is 5.26 Å². The molecule has 0 aliphatic rings. The summed E-state index contributed by atoms with van der Waals surface area (Å²) >= 11 is 6.40. The molecule has 2 heterocycles. The predicted molar refractivity (Wildman–Crippen MR) is 111 cm³/mol. The summed E-state index contributed by atoms with van der Waals surface area (Å²) in [6, 6.07) is 16.1. The fourth-order valence-corrected chi connectivity index (χ4v) is 3.19. The summed E-state index contributed by atoms with van der Waals surface area (Å²) in [6.07, 6.45) is 3.34. The lowest BCUT2D eigenvalue weighted by molar-refractivity contribution is 0.278. The molecule has 0 bridgehead atoms. The van der Waals surface area contributed by atoms with E-state index in [-0.39, 0.29) is 6.61 Å². The van der Waals surface area contributed by atoms with Crippen molar-refractivity contribution in [3.05, 3.63) is 71.6 Å². The van der Waals surface area contributed by atoms with Crippen molar-refractivity contribution in [2.75, 3.05) is 11.9 Å². The topological polar surface area (TPSA) is 96.0 Å². The molecule has 0 spiro atoms. The van der Waals surface area contributed by atoms with Gasteiger partial charge in [-0.3, -0.25) is 0 Å². The number of anilines is 2. The summed E-state index contributed by atoms with van der Waals surface area (Å²) in [5.41, 5.74) is 2.81. The molecule has 0 aliphatic carbocycles. The largest absolute Gasteiger partial charge is 0.456 e. The van der Waals surface area contributed by atoms with E-state index in [9.17, 15) is 5.11 Å². The van der Waals surface area contributed by atoms with Crippen molar-refractivity contribution in [1.82, 2.24) is 14.5 Å². The van der Waals surface area contributed by atoms with Crippen molar-refractivity contribution >= 4 is 34.1 Å². The third kappa shape index (κ3) is 3.99. The van der Waals surface area contributed by atoms with Gasteiger partial charge in [0.1, 0.15) is 23.3 Å². The van der Waals surface area contributed by atoms with Crippen molar-refractivity contribution in [3.63, 3.8) is 0 Å². The minimum atomic E-state index is 0.0168. The highest BCUT2D eigenvalue weighted by molar-refractivity contribution is 6.32. The first-order valence-electron chi connectivity index (χ1n) is 8.83. The molecule has 4 rings (SSSR count). The maximum absolute atomic E-state index is 9.27. The second-order valence-corrected chi connectivity index (χ2v) is 6.61. The van der Waals surface area contributed by atoms with Gasteiger partial charge < -0.3 is 19.7 Å². The standard InChI is InChI=1S/C21H16ClN5O2/c22-17-11-15(4-5-19(17)29-16-3-1-2-14(10-16)12-23)26-21-20-18(24-13-25-21)6-7-27(20)8-9-28/h1-7,10-11,13,28H,8-9H2,(H,24,25,26). The van der Waals surface area contributed by atoms with E-state index in [2.05, 4.69) is 21.4 Å². The maximum atomic E-state index is 9.27. The second-order valence-electron chi connectivity index (χ2n) is 6.20. The van der Waals surface area contributed by atoms with Gasteiger partial charge in [-0.15, -0.1) is 0 Å². The Kier molecular flexibility index (Phi) is 5.29. The van der Waals surface area contributed by atoms with E-state index in [1.165, 1.54) is 6.33 Å². The molecule has 0 saturated heterocycles. The van der Waals surface area contributed by atoms with Crippen LogP contribution in [0.3, 0.4) is 0 Å².